The van der Waals surface area contributed by atoms with E-state index in [0.29, 0.717) is 5.89 Å². The van der Waals surface area contributed by atoms with Crippen LogP contribution in [0.25, 0.3) is 6.08 Å². The van der Waals surface area contributed by atoms with Gasteiger partial charge in [0.05, 0.1) is 6.54 Å². The minimum Gasteiger partial charge on any atom is -0.446 e. The van der Waals surface area contributed by atoms with E-state index in [0.717, 1.165) is 31.2 Å². The van der Waals surface area contributed by atoms with E-state index in [1.165, 1.54) is 6.26 Å². The van der Waals surface area contributed by atoms with Gasteiger partial charge in [0.1, 0.15) is 6.26 Å². The van der Waals surface area contributed by atoms with Gasteiger partial charge < -0.3 is 14.6 Å². The summed E-state index contributed by atoms with van der Waals surface area (Å²) in [5.74, 6) is 0.105. The Morgan fingerprint density at radius 1 is 1.19 bits per heavy atom. The highest BCUT2D eigenvalue weighted by molar-refractivity contribution is 5.93. The summed E-state index contributed by atoms with van der Waals surface area (Å²) in [6.45, 7) is 0.277. The van der Waals surface area contributed by atoms with E-state index in [2.05, 4.69) is 10.3 Å². The van der Waals surface area contributed by atoms with Crippen LogP contribution in [-0.4, -0.2) is 33.8 Å². The second kappa shape index (κ2) is 7.15. The Morgan fingerprint density at radius 2 is 1.96 bits per heavy atom. The maximum atomic E-state index is 12.6. The van der Waals surface area contributed by atoms with Crippen LogP contribution in [0.4, 0.5) is 0 Å². The standard InChI is InChI=1S/C20H21N3O3/c24-19(11-6-14-4-2-1-3-5-14)23(16-9-10-16)12-18-22-17(13-26-18)20(25)21-15-7-8-15/h1-6,11,13,15-16H,7-10,12H2,(H,21,25)/b11-6+. The number of hydrogen-bond acceptors (Lipinski definition) is 4. The molecule has 0 radical (unpaired) electrons. The zero-order valence-electron chi connectivity index (χ0n) is 14.4. The molecule has 0 saturated heterocycles. The van der Waals surface area contributed by atoms with Gasteiger partial charge >= 0.3 is 0 Å². The Bertz CT molecular complexity index is 820. The monoisotopic (exact) mass is 351 g/mol. The number of nitrogens with one attached hydrogen (secondary N) is 1. The van der Waals surface area contributed by atoms with Crippen LogP contribution in [-0.2, 0) is 11.3 Å². The van der Waals surface area contributed by atoms with Crippen LogP contribution in [0.1, 0.15) is 47.6 Å². The van der Waals surface area contributed by atoms with Gasteiger partial charge in [-0.1, -0.05) is 30.3 Å². The number of amides is 2. The van der Waals surface area contributed by atoms with Crippen LogP contribution in [0.5, 0.6) is 0 Å². The van der Waals surface area contributed by atoms with Crippen molar-refractivity contribution >= 4 is 17.9 Å². The van der Waals surface area contributed by atoms with Gasteiger partial charge in [0.25, 0.3) is 5.91 Å². The van der Waals surface area contributed by atoms with Crippen molar-refractivity contribution in [2.75, 3.05) is 0 Å². The average molecular weight is 351 g/mol. The number of aromatic nitrogens is 1. The van der Waals surface area contributed by atoms with Crippen molar-refractivity contribution < 1.29 is 14.0 Å². The van der Waals surface area contributed by atoms with Crippen molar-refractivity contribution in [3.05, 3.63) is 59.8 Å². The Hall–Kier alpha value is -2.89. The second-order valence-corrected chi connectivity index (χ2v) is 6.82. The van der Waals surface area contributed by atoms with E-state index in [1.54, 1.807) is 11.0 Å². The molecule has 2 aliphatic carbocycles. The first-order valence-corrected chi connectivity index (χ1v) is 8.98. The molecular formula is C20H21N3O3. The Morgan fingerprint density at radius 3 is 2.65 bits per heavy atom. The fourth-order valence-electron chi connectivity index (χ4n) is 2.72. The van der Waals surface area contributed by atoms with Crippen LogP contribution >= 0.6 is 0 Å². The lowest BCUT2D eigenvalue weighted by Gasteiger charge is -2.18. The molecule has 2 amide bonds. The highest BCUT2D eigenvalue weighted by Crippen LogP contribution is 2.28. The minimum atomic E-state index is -0.212. The van der Waals surface area contributed by atoms with Crippen molar-refractivity contribution in [1.29, 1.82) is 0 Å². The molecule has 1 aromatic carbocycles. The lowest BCUT2D eigenvalue weighted by atomic mass is 10.2. The van der Waals surface area contributed by atoms with Crippen LogP contribution in [0.3, 0.4) is 0 Å². The van der Waals surface area contributed by atoms with Gasteiger partial charge in [0.2, 0.25) is 11.8 Å². The summed E-state index contributed by atoms with van der Waals surface area (Å²) < 4.78 is 5.42. The summed E-state index contributed by atoms with van der Waals surface area (Å²) in [5.41, 5.74) is 1.25. The smallest absolute Gasteiger partial charge is 0.273 e. The molecule has 6 heteroatoms. The first kappa shape index (κ1) is 16.6. The Balaban J connectivity index is 1.40. The molecule has 2 aromatic rings. The molecule has 2 aliphatic rings. The summed E-state index contributed by atoms with van der Waals surface area (Å²) >= 11 is 0. The third-order valence-electron chi connectivity index (χ3n) is 4.49. The lowest BCUT2D eigenvalue weighted by Crippen LogP contribution is -2.31. The van der Waals surface area contributed by atoms with Gasteiger partial charge in [-0.3, -0.25) is 9.59 Å². The van der Waals surface area contributed by atoms with Crippen molar-refractivity contribution in [2.45, 2.75) is 44.3 Å². The van der Waals surface area contributed by atoms with Gasteiger partial charge in [-0.15, -0.1) is 0 Å². The minimum absolute atomic E-state index is 0.0708. The number of nitrogens with zero attached hydrogens (tertiary/aromatic N) is 2. The zero-order valence-corrected chi connectivity index (χ0v) is 14.4. The highest BCUT2D eigenvalue weighted by atomic mass is 16.3. The normalized spacial score (nSPS) is 16.6. The van der Waals surface area contributed by atoms with Crippen molar-refractivity contribution in [2.24, 2.45) is 0 Å². The van der Waals surface area contributed by atoms with E-state index in [4.69, 9.17) is 4.42 Å². The maximum Gasteiger partial charge on any atom is 0.273 e. The summed E-state index contributed by atoms with van der Waals surface area (Å²) in [6, 6.07) is 10.2. The molecule has 1 aromatic heterocycles. The molecule has 0 unspecified atom stereocenters. The molecule has 134 valence electrons. The lowest BCUT2D eigenvalue weighted by molar-refractivity contribution is -0.127. The predicted molar refractivity (Wildman–Crippen MR) is 96.0 cm³/mol. The second-order valence-electron chi connectivity index (χ2n) is 6.82. The van der Waals surface area contributed by atoms with Crippen LogP contribution in [0.2, 0.25) is 0 Å². The van der Waals surface area contributed by atoms with Crippen molar-refractivity contribution in [3.63, 3.8) is 0 Å². The molecule has 0 bridgehead atoms. The molecule has 2 saturated carbocycles. The van der Waals surface area contributed by atoms with Crippen molar-refractivity contribution in [1.82, 2.24) is 15.2 Å². The molecule has 0 atom stereocenters. The molecule has 6 nitrogen and oxygen atoms in total. The van der Waals surface area contributed by atoms with Crippen LogP contribution in [0, 0.1) is 0 Å². The number of carbonyl (C=O) groups excluding carboxylic acids is 2. The van der Waals surface area contributed by atoms with E-state index >= 15 is 0 Å². The molecular weight excluding hydrogens is 330 g/mol. The number of carbonyl (C=O) groups is 2. The fourth-order valence-corrected chi connectivity index (χ4v) is 2.72. The predicted octanol–water partition coefficient (Wildman–Crippen LogP) is 2.77. The zero-order chi connectivity index (χ0) is 17.9. The molecule has 0 aliphatic heterocycles. The molecule has 26 heavy (non-hydrogen) atoms. The molecule has 0 spiro atoms. The molecule has 2 fully saturated rings. The van der Waals surface area contributed by atoms with Gasteiger partial charge in [0.15, 0.2) is 5.69 Å². The Labute approximate surface area is 151 Å². The summed E-state index contributed by atoms with van der Waals surface area (Å²) in [4.78, 5) is 30.6. The van der Waals surface area contributed by atoms with Crippen LogP contribution in [0.15, 0.2) is 47.1 Å². The number of oxazole rings is 1. The Kier molecular flexibility index (Phi) is 4.56. The van der Waals surface area contributed by atoms with Gasteiger partial charge in [-0.25, -0.2) is 4.98 Å². The van der Waals surface area contributed by atoms with Gasteiger partial charge in [0, 0.05) is 18.2 Å². The van der Waals surface area contributed by atoms with E-state index in [9.17, 15) is 9.59 Å². The first-order chi connectivity index (χ1) is 12.7. The third-order valence-corrected chi connectivity index (χ3v) is 4.49. The van der Waals surface area contributed by atoms with Crippen molar-refractivity contribution in [3.8, 4) is 0 Å². The first-order valence-electron chi connectivity index (χ1n) is 8.98. The molecule has 1 N–H and O–H groups in total. The maximum absolute atomic E-state index is 12.6. The van der Waals surface area contributed by atoms with E-state index < -0.39 is 0 Å². The fraction of sp³-hybridized carbons (Fsp3) is 0.350. The topological polar surface area (TPSA) is 75.4 Å². The van der Waals surface area contributed by atoms with E-state index in [-0.39, 0.29) is 36.1 Å². The quantitative estimate of drug-likeness (QED) is 0.778. The number of hydrogen-bond donors (Lipinski definition) is 1. The number of benzene rings is 1. The highest BCUT2D eigenvalue weighted by Gasteiger charge is 2.33. The number of rotatable bonds is 7. The largest absolute Gasteiger partial charge is 0.446 e. The summed E-state index contributed by atoms with van der Waals surface area (Å²) in [5, 5.41) is 2.88. The van der Waals surface area contributed by atoms with Crippen LogP contribution < -0.4 is 5.32 Å². The summed E-state index contributed by atoms with van der Waals surface area (Å²) in [7, 11) is 0. The van der Waals surface area contributed by atoms with Gasteiger partial charge in [-0.05, 0) is 37.3 Å². The summed E-state index contributed by atoms with van der Waals surface area (Å²) in [6.07, 6.45) is 8.77. The molecule has 1 heterocycles. The SMILES string of the molecule is O=C(NC1CC1)c1coc(CN(C(=O)/C=C/c2ccccc2)C2CC2)n1. The third kappa shape index (κ3) is 4.20. The van der Waals surface area contributed by atoms with E-state index in [1.807, 2.05) is 36.4 Å². The van der Waals surface area contributed by atoms with Gasteiger partial charge in [-0.2, -0.15) is 0 Å². The molecule has 4 rings (SSSR count). The average Bonchev–Trinajstić information content (AvgIpc) is 3.59.